The number of carboxylic acids is 1. The van der Waals surface area contributed by atoms with E-state index in [9.17, 15) is 14.7 Å². The Morgan fingerprint density at radius 1 is 1.31 bits per heavy atom. The topological polar surface area (TPSA) is 79.2 Å². The van der Waals surface area contributed by atoms with Crippen molar-refractivity contribution < 1.29 is 19.4 Å². The molecule has 0 aromatic heterocycles. The van der Waals surface area contributed by atoms with Crippen molar-refractivity contribution in [2.75, 3.05) is 13.7 Å². The predicted octanol–water partition coefficient (Wildman–Crippen LogP) is 4.84. The summed E-state index contributed by atoms with van der Waals surface area (Å²) in [5, 5.41) is 9.77. The number of likely N-dealkylation sites (N-methyl/N-ethyl adjacent to an activating group) is 1. The highest BCUT2D eigenvalue weighted by Gasteiger charge is 2.30. The second-order valence-corrected chi connectivity index (χ2v) is 7.42. The van der Waals surface area contributed by atoms with Crippen LogP contribution in [-0.2, 0) is 4.79 Å². The van der Waals surface area contributed by atoms with E-state index in [1.807, 2.05) is 24.3 Å². The van der Waals surface area contributed by atoms with Crippen molar-refractivity contribution in [3.05, 3.63) is 76.2 Å². The van der Waals surface area contributed by atoms with E-state index < -0.39 is 5.97 Å². The van der Waals surface area contributed by atoms with Crippen molar-refractivity contribution in [2.45, 2.75) is 0 Å². The summed E-state index contributed by atoms with van der Waals surface area (Å²) in [6, 6.07) is 11.8. The number of aromatic carboxylic acids is 1. The molecule has 0 radical (unpaired) electrons. The minimum atomic E-state index is -1.14. The molecule has 2 aromatic carbocycles. The lowest BCUT2D eigenvalue weighted by Crippen LogP contribution is -2.23. The predicted molar refractivity (Wildman–Crippen MR) is 116 cm³/mol. The normalized spacial score (nSPS) is 16.5. The van der Waals surface area contributed by atoms with Gasteiger partial charge in [-0.1, -0.05) is 36.4 Å². The number of hydrogen-bond donors (Lipinski definition) is 1. The maximum Gasteiger partial charge on any atom is 0.337 e. The van der Waals surface area contributed by atoms with Crippen LogP contribution in [0, 0.1) is 0 Å². The Labute approximate surface area is 177 Å². The molecule has 1 heterocycles. The molecule has 8 heteroatoms. The van der Waals surface area contributed by atoms with Crippen LogP contribution >= 0.6 is 23.4 Å². The number of amides is 1. The first kappa shape index (κ1) is 20.7. The van der Waals surface area contributed by atoms with Gasteiger partial charge in [-0.2, -0.15) is 0 Å². The number of hydrogen-bond acceptors (Lipinski definition) is 5. The molecular formula is C21H17ClN2O4S. The lowest BCUT2D eigenvalue weighted by Gasteiger charge is -2.07. The summed E-state index contributed by atoms with van der Waals surface area (Å²) >= 11 is 7.11. The molecule has 0 unspecified atom stereocenters. The summed E-state index contributed by atoms with van der Waals surface area (Å²) in [6.45, 7) is 4.03. The third-order valence-corrected chi connectivity index (χ3v) is 5.34. The van der Waals surface area contributed by atoms with E-state index >= 15 is 0 Å². The Morgan fingerprint density at radius 2 is 2.03 bits per heavy atom. The molecule has 0 spiro atoms. The number of aliphatic imine (C=N–C) groups is 1. The number of carboxylic acid groups (broad SMARTS) is 1. The van der Waals surface area contributed by atoms with Crippen LogP contribution in [0.1, 0.15) is 15.9 Å². The average Bonchev–Trinajstić information content (AvgIpc) is 2.96. The number of benzene rings is 2. The highest BCUT2D eigenvalue weighted by atomic mass is 35.5. The molecule has 29 heavy (non-hydrogen) atoms. The van der Waals surface area contributed by atoms with Crippen LogP contribution in [0.4, 0.5) is 5.69 Å². The van der Waals surface area contributed by atoms with Crippen LogP contribution in [-0.4, -0.2) is 40.7 Å². The lowest BCUT2D eigenvalue weighted by atomic mass is 10.2. The standard InChI is InChI=1S/C21H17ClN2O4S/c1-3-10-28-15-7-4-13(5-8-15)11-18-19(25)24(2)21(29-18)23-14-6-9-17(22)16(12-14)20(26)27/h3-9,11-12H,1,10H2,2H3,(H,26,27)/b18-11-,23-21?. The molecule has 6 nitrogen and oxygen atoms in total. The zero-order valence-corrected chi connectivity index (χ0v) is 17.0. The lowest BCUT2D eigenvalue weighted by molar-refractivity contribution is -0.121. The number of carbonyl (C=O) groups is 2. The molecule has 1 aliphatic rings. The largest absolute Gasteiger partial charge is 0.490 e. The molecule has 2 aromatic rings. The molecule has 0 bridgehead atoms. The third kappa shape index (κ3) is 4.88. The first-order valence-corrected chi connectivity index (χ1v) is 9.71. The first-order chi connectivity index (χ1) is 13.9. The molecule has 0 saturated carbocycles. The summed E-state index contributed by atoms with van der Waals surface area (Å²) in [7, 11) is 1.62. The van der Waals surface area contributed by atoms with E-state index in [2.05, 4.69) is 11.6 Å². The van der Waals surface area contributed by atoms with E-state index in [0.29, 0.717) is 28.1 Å². The van der Waals surface area contributed by atoms with Crippen molar-refractivity contribution in [2.24, 2.45) is 4.99 Å². The van der Waals surface area contributed by atoms with Gasteiger partial charge < -0.3 is 9.84 Å². The fourth-order valence-electron chi connectivity index (χ4n) is 2.48. The van der Waals surface area contributed by atoms with E-state index in [0.717, 1.165) is 5.56 Å². The molecule has 148 valence electrons. The van der Waals surface area contributed by atoms with E-state index in [-0.39, 0.29) is 16.5 Å². The maximum atomic E-state index is 12.6. The second-order valence-electron chi connectivity index (χ2n) is 6.01. The van der Waals surface area contributed by atoms with Gasteiger partial charge in [0, 0.05) is 7.05 Å². The number of thioether (sulfide) groups is 1. The van der Waals surface area contributed by atoms with Crippen LogP contribution < -0.4 is 4.74 Å². The molecule has 1 aliphatic heterocycles. The van der Waals surface area contributed by atoms with Crippen LogP contribution in [0.25, 0.3) is 6.08 Å². The SMILES string of the molecule is C=CCOc1ccc(/C=C2\SC(=Nc3ccc(Cl)c(C(=O)O)c3)N(C)C2=O)cc1. The van der Waals surface area contributed by atoms with Crippen LogP contribution in [0.15, 0.2) is 65.0 Å². The van der Waals surface area contributed by atoms with Crippen molar-refractivity contribution in [3.63, 3.8) is 0 Å². The molecule has 0 atom stereocenters. The summed E-state index contributed by atoms with van der Waals surface area (Å²) in [4.78, 5) is 30.1. The molecule has 1 fully saturated rings. The summed E-state index contributed by atoms with van der Waals surface area (Å²) in [5.74, 6) is -0.608. The van der Waals surface area contributed by atoms with Crippen molar-refractivity contribution >= 4 is 52.2 Å². The highest BCUT2D eigenvalue weighted by molar-refractivity contribution is 8.18. The number of rotatable bonds is 6. The average molecular weight is 429 g/mol. The monoisotopic (exact) mass is 428 g/mol. The molecule has 1 N–H and O–H groups in total. The molecule has 1 saturated heterocycles. The zero-order valence-electron chi connectivity index (χ0n) is 15.5. The van der Waals surface area contributed by atoms with E-state index in [1.165, 1.54) is 28.8 Å². The van der Waals surface area contributed by atoms with Gasteiger partial charge in [0.25, 0.3) is 5.91 Å². The number of amidine groups is 1. The van der Waals surface area contributed by atoms with Gasteiger partial charge in [0.15, 0.2) is 5.17 Å². The van der Waals surface area contributed by atoms with Crippen LogP contribution in [0.3, 0.4) is 0 Å². The van der Waals surface area contributed by atoms with Gasteiger partial charge in [0.05, 0.1) is 21.2 Å². The fraction of sp³-hybridized carbons (Fsp3) is 0.0952. The van der Waals surface area contributed by atoms with E-state index in [4.69, 9.17) is 16.3 Å². The van der Waals surface area contributed by atoms with Crippen LogP contribution in [0.2, 0.25) is 5.02 Å². The van der Waals surface area contributed by atoms with Gasteiger partial charge in [-0.15, -0.1) is 0 Å². The Hall–Kier alpha value is -3.03. The summed E-state index contributed by atoms with van der Waals surface area (Å²) in [5.41, 5.74) is 1.21. The molecular weight excluding hydrogens is 412 g/mol. The van der Waals surface area contributed by atoms with Crippen LogP contribution in [0.5, 0.6) is 5.75 Å². The van der Waals surface area contributed by atoms with Gasteiger partial charge >= 0.3 is 5.97 Å². The Morgan fingerprint density at radius 3 is 2.69 bits per heavy atom. The summed E-state index contributed by atoms with van der Waals surface area (Å²) in [6.07, 6.45) is 3.44. The number of nitrogens with zero attached hydrogens (tertiary/aromatic N) is 2. The minimum absolute atomic E-state index is 0.0416. The number of carbonyl (C=O) groups excluding carboxylic acids is 1. The van der Waals surface area contributed by atoms with Crippen molar-refractivity contribution in [3.8, 4) is 5.75 Å². The van der Waals surface area contributed by atoms with Crippen molar-refractivity contribution in [1.29, 1.82) is 0 Å². The second kappa shape index (κ2) is 8.98. The summed E-state index contributed by atoms with van der Waals surface area (Å²) < 4.78 is 5.45. The smallest absolute Gasteiger partial charge is 0.337 e. The van der Waals surface area contributed by atoms with Gasteiger partial charge in [-0.05, 0) is 53.7 Å². The van der Waals surface area contributed by atoms with Gasteiger partial charge in [-0.25, -0.2) is 9.79 Å². The Balaban J connectivity index is 1.83. The van der Waals surface area contributed by atoms with Crippen molar-refractivity contribution in [1.82, 2.24) is 4.90 Å². The van der Waals surface area contributed by atoms with Gasteiger partial charge in [0.2, 0.25) is 0 Å². The molecule has 3 rings (SSSR count). The highest BCUT2D eigenvalue weighted by Crippen LogP contribution is 2.34. The minimum Gasteiger partial charge on any atom is -0.490 e. The molecule has 0 aliphatic carbocycles. The zero-order chi connectivity index (χ0) is 21.0. The Kier molecular flexibility index (Phi) is 6.41. The Bertz CT molecular complexity index is 1030. The number of halogens is 1. The quantitative estimate of drug-likeness (QED) is 0.526. The fourth-order valence-corrected chi connectivity index (χ4v) is 3.66. The van der Waals surface area contributed by atoms with Gasteiger partial charge in [-0.3, -0.25) is 9.69 Å². The molecule has 1 amide bonds. The van der Waals surface area contributed by atoms with E-state index in [1.54, 1.807) is 25.3 Å². The maximum absolute atomic E-state index is 12.6. The van der Waals surface area contributed by atoms with Gasteiger partial charge in [0.1, 0.15) is 12.4 Å². The third-order valence-electron chi connectivity index (χ3n) is 3.95. The number of ether oxygens (including phenoxy) is 1. The first-order valence-electron chi connectivity index (χ1n) is 8.52.